The van der Waals surface area contributed by atoms with Crippen LogP contribution in [-0.2, 0) is 9.53 Å². The average molecular weight is 231 g/mol. The van der Waals surface area contributed by atoms with E-state index in [1.807, 2.05) is 21.0 Å². The maximum absolute atomic E-state index is 11.3. The first-order valence-corrected chi connectivity index (χ1v) is 5.77. The maximum Gasteiger partial charge on any atom is 0.220 e. The van der Waals surface area contributed by atoms with E-state index < -0.39 is 0 Å². The summed E-state index contributed by atoms with van der Waals surface area (Å²) in [5.74, 6) is 0.0495. The van der Waals surface area contributed by atoms with Gasteiger partial charge in [0.15, 0.2) is 0 Å². The van der Waals surface area contributed by atoms with E-state index in [2.05, 4.69) is 10.2 Å². The molecule has 16 heavy (non-hydrogen) atoms. The third-order valence-corrected chi connectivity index (χ3v) is 2.08. The number of ether oxygens (including phenoxy) is 1. The smallest absolute Gasteiger partial charge is 0.220 e. The van der Waals surface area contributed by atoms with E-state index in [9.17, 15) is 4.79 Å². The molecule has 1 amide bonds. The van der Waals surface area contributed by atoms with Gasteiger partial charge in [0.25, 0.3) is 0 Å². The van der Waals surface area contributed by atoms with Crippen LogP contribution in [0.4, 0.5) is 0 Å². The average Bonchev–Trinajstić information content (AvgIpc) is 2.19. The van der Waals surface area contributed by atoms with Crippen LogP contribution in [0.2, 0.25) is 0 Å². The van der Waals surface area contributed by atoms with Crippen LogP contribution in [0.15, 0.2) is 0 Å². The molecule has 0 aromatic carbocycles. The standard InChI is InChI=1S/C11H25N3O2/c1-10(12)4-5-11(15)13-6-8-16-9-7-14(2)3/h10H,4-9,12H2,1-3H3,(H,13,15). The zero-order valence-corrected chi connectivity index (χ0v) is 10.7. The molecule has 0 fully saturated rings. The monoisotopic (exact) mass is 231 g/mol. The lowest BCUT2D eigenvalue weighted by Crippen LogP contribution is -2.29. The predicted molar refractivity (Wildman–Crippen MR) is 65.3 cm³/mol. The number of hydrogen-bond donors (Lipinski definition) is 2. The number of rotatable bonds is 9. The Kier molecular flexibility index (Phi) is 9.18. The van der Waals surface area contributed by atoms with Gasteiger partial charge in [-0.3, -0.25) is 4.79 Å². The summed E-state index contributed by atoms with van der Waals surface area (Å²) >= 11 is 0. The summed E-state index contributed by atoms with van der Waals surface area (Å²) in [6.45, 7) is 4.64. The number of likely N-dealkylation sites (N-methyl/N-ethyl adjacent to an activating group) is 1. The van der Waals surface area contributed by atoms with E-state index in [4.69, 9.17) is 10.5 Å². The highest BCUT2D eigenvalue weighted by molar-refractivity contribution is 5.75. The first-order valence-electron chi connectivity index (χ1n) is 5.77. The van der Waals surface area contributed by atoms with Gasteiger partial charge < -0.3 is 20.7 Å². The molecule has 5 nitrogen and oxygen atoms in total. The van der Waals surface area contributed by atoms with Crippen LogP contribution in [0.25, 0.3) is 0 Å². The lowest BCUT2D eigenvalue weighted by atomic mass is 10.2. The van der Waals surface area contributed by atoms with E-state index in [1.165, 1.54) is 0 Å². The van der Waals surface area contributed by atoms with Gasteiger partial charge in [-0.1, -0.05) is 0 Å². The van der Waals surface area contributed by atoms with E-state index >= 15 is 0 Å². The highest BCUT2D eigenvalue weighted by atomic mass is 16.5. The number of amides is 1. The minimum Gasteiger partial charge on any atom is -0.378 e. The van der Waals surface area contributed by atoms with Crippen molar-refractivity contribution < 1.29 is 9.53 Å². The number of carbonyl (C=O) groups excluding carboxylic acids is 1. The molecule has 0 aliphatic heterocycles. The van der Waals surface area contributed by atoms with E-state index in [1.54, 1.807) is 0 Å². The second kappa shape index (κ2) is 9.57. The maximum atomic E-state index is 11.3. The summed E-state index contributed by atoms with van der Waals surface area (Å²) in [7, 11) is 4.00. The topological polar surface area (TPSA) is 67.6 Å². The number of nitrogens with one attached hydrogen (secondary N) is 1. The largest absolute Gasteiger partial charge is 0.378 e. The van der Waals surface area contributed by atoms with Crippen molar-refractivity contribution in [2.24, 2.45) is 5.73 Å². The molecule has 0 aliphatic rings. The molecule has 0 bridgehead atoms. The Morgan fingerprint density at radius 3 is 2.69 bits per heavy atom. The molecular weight excluding hydrogens is 206 g/mol. The normalized spacial score (nSPS) is 12.8. The lowest BCUT2D eigenvalue weighted by molar-refractivity contribution is -0.121. The van der Waals surface area contributed by atoms with Crippen molar-refractivity contribution in [3.05, 3.63) is 0 Å². The van der Waals surface area contributed by atoms with Crippen molar-refractivity contribution in [2.75, 3.05) is 40.4 Å². The minimum absolute atomic E-state index is 0.0495. The van der Waals surface area contributed by atoms with E-state index in [-0.39, 0.29) is 11.9 Å². The summed E-state index contributed by atoms with van der Waals surface area (Å²) in [4.78, 5) is 13.3. The fraction of sp³-hybridized carbons (Fsp3) is 0.909. The minimum atomic E-state index is 0.0495. The Morgan fingerprint density at radius 1 is 1.44 bits per heavy atom. The lowest BCUT2D eigenvalue weighted by Gasteiger charge is -2.10. The van der Waals surface area contributed by atoms with Gasteiger partial charge in [-0.25, -0.2) is 0 Å². The quantitative estimate of drug-likeness (QED) is 0.540. The Morgan fingerprint density at radius 2 is 2.12 bits per heavy atom. The summed E-state index contributed by atoms with van der Waals surface area (Å²) in [6.07, 6.45) is 1.22. The molecule has 0 aromatic rings. The number of hydrogen-bond acceptors (Lipinski definition) is 4. The molecular formula is C11H25N3O2. The van der Waals surface area contributed by atoms with E-state index in [0.717, 1.165) is 13.0 Å². The molecule has 0 radical (unpaired) electrons. The summed E-state index contributed by atoms with van der Waals surface area (Å²) in [5, 5.41) is 2.79. The molecule has 0 rings (SSSR count). The Hall–Kier alpha value is -0.650. The molecule has 0 saturated heterocycles. The fourth-order valence-corrected chi connectivity index (χ4v) is 1.06. The molecule has 0 aliphatic carbocycles. The van der Waals surface area contributed by atoms with Gasteiger partial charge in [0.2, 0.25) is 5.91 Å². The van der Waals surface area contributed by atoms with Crippen molar-refractivity contribution >= 4 is 5.91 Å². The Bertz CT molecular complexity index is 184. The van der Waals surface area contributed by atoms with Gasteiger partial charge in [0, 0.05) is 25.6 Å². The number of nitrogens with zero attached hydrogens (tertiary/aromatic N) is 1. The van der Waals surface area contributed by atoms with Crippen molar-refractivity contribution in [1.82, 2.24) is 10.2 Å². The van der Waals surface area contributed by atoms with E-state index in [0.29, 0.717) is 26.2 Å². The fourth-order valence-electron chi connectivity index (χ4n) is 1.06. The SMILES string of the molecule is CC(N)CCC(=O)NCCOCCN(C)C. The van der Waals surface area contributed by atoms with Gasteiger partial charge in [0.05, 0.1) is 13.2 Å². The van der Waals surface area contributed by atoms with Crippen LogP contribution in [0.5, 0.6) is 0 Å². The third kappa shape index (κ3) is 11.4. The van der Waals surface area contributed by atoms with Gasteiger partial charge in [0.1, 0.15) is 0 Å². The molecule has 3 N–H and O–H groups in total. The molecule has 0 aromatic heterocycles. The highest BCUT2D eigenvalue weighted by Crippen LogP contribution is 1.92. The third-order valence-electron chi connectivity index (χ3n) is 2.08. The van der Waals surface area contributed by atoms with Crippen LogP contribution in [0, 0.1) is 0 Å². The van der Waals surface area contributed by atoms with Gasteiger partial charge in [-0.15, -0.1) is 0 Å². The molecule has 1 unspecified atom stereocenters. The first-order chi connectivity index (χ1) is 7.52. The second-order valence-corrected chi connectivity index (χ2v) is 4.28. The van der Waals surface area contributed by atoms with Crippen LogP contribution in [-0.4, -0.2) is 57.2 Å². The van der Waals surface area contributed by atoms with Crippen LogP contribution in [0.1, 0.15) is 19.8 Å². The van der Waals surface area contributed by atoms with Gasteiger partial charge in [-0.2, -0.15) is 0 Å². The Labute approximate surface area is 98.3 Å². The highest BCUT2D eigenvalue weighted by Gasteiger charge is 2.02. The molecule has 0 heterocycles. The van der Waals surface area contributed by atoms with Crippen molar-refractivity contribution in [3.63, 3.8) is 0 Å². The van der Waals surface area contributed by atoms with Gasteiger partial charge >= 0.3 is 0 Å². The number of carbonyl (C=O) groups is 1. The van der Waals surface area contributed by atoms with Gasteiger partial charge in [-0.05, 0) is 27.4 Å². The summed E-state index contributed by atoms with van der Waals surface area (Å²) < 4.78 is 5.34. The Balaban J connectivity index is 3.21. The van der Waals surface area contributed by atoms with Crippen LogP contribution in [0.3, 0.4) is 0 Å². The van der Waals surface area contributed by atoms with Crippen molar-refractivity contribution in [2.45, 2.75) is 25.8 Å². The second-order valence-electron chi connectivity index (χ2n) is 4.28. The van der Waals surface area contributed by atoms with Crippen LogP contribution < -0.4 is 11.1 Å². The number of nitrogens with two attached hydrogens (primary N) is 1. The molecule has 1 atom stereocenters. The molecule has 96 valence electrons. The summed E-state index contributed by atoms with van der Waals surface area (Å²) in [6, 6.07) is 0.0853. The predicted octanol–water partition coefficient (Wildman–Crippen LogP) is -0.192. The first kappa shape index (κ1) is 15.3. The van der Waals surface area contributed by atoms with Crippen molar-refractivity contribution in [1.29, 1.82) is 0 Å². The van der Waals surface area contributed by atoms with Crippen LogP contribution >= 0.6 is 0 Å². The molecule has 0 saturated carbocycles. The zero-order chi connectivity index (χ0) is 12.4. The molecule has 0 spiro atoms. The van der Waals surface area contributed by atoms with Crippen molar-refractivity contribution in [3.8, 4) is 0 Å². The zero-order valence-electron chi connectivity index (χ0n) is 10.7. The molecule has 5 heteroatoms. The summed E-state index contributed by atoms with van der Waals surface area (Å²) in [5.41, 5.74) is 5.55.